The van der Waals surface area contributed by atoms with Crippen molar-refractivity contribution in [3.63, 3.8) is 0 Å². The molecule has 0 aromatic heterocycles. The van der Waals surface area contributed by atoms with Crippen molar-refractivity contribution in [3.05, 3.63) is 29.8 Å². The van der Waals surface area contributed by atoms with E-state index in [1.54, 1.807) is 7.11 Å². The summed E-state index contributed by atoms with van der Waals surface area (Å²) >= 11 is 3.60. The maximum atomic E-state index is 5.35. The molecule has 1 saturated carbocycles. The van der Waals surface area contributed by atoms with Gasteiger partial charge >= 0.3 is 0 Å². The second-order valence-corrected chi connectivity index (χ2v) is 4.68. The maximum absolute atomic E-state index is 5.35. The predicted molar refractivity (Wildman–Crippen MR) is 62.2 cm³/mol. The van der Waals surface area contributed by atoms with Crippen LogP contribution in [0.3, 0.4) is 0 Å². The zero-order valence-electron chi connectivity index (χ0n) is 8.42. The summed E-state index contributed by atoms with van der Waals surface area (Å²) in [5.41, 5.74) is 1.86. The van der Waals surface area contributed by atoms with Crippen molar-refractivity contribution < 1.29 is 4.74 Å². The Bertz CT molecular complexity index is 318. The molecule has 0 spiro atoms. The van der Waals surface area contributed by atoms with Crippen LogP contribution in [0.4, 0.5) is 0 Å². The molecule has 1 aliphatic rings. The standard InChI is InChI=1S/C12H15BrO/c1-14-11-5-3-2-4-10(11)8-12(9-13)6-7-12/h2-5H,6-9H2,1H3. The maximum Gasteiger partial charge on any atom is 0.122 e. The van der Waals surface area contributed by atoms with Gasteiger partial charge in [0.05, 0.1) is 7.11 Å². The monoisotopic (exact) mass is 254 g/mol. The third kappa shape index (κ3) is 1.95. The third-order valence-electron chi connectivity index (χ3n) is 3.00. The first-order valence-corrected chi connectivity index (χ1v) is 6.10. The second kappa shape index (κ2) is 3.93. The smallest absolute Gasteiger partial charge is 0.122 e. The Labute approximate surface area is 93.6 Å². The zero-order chi connectivity index (χ0) is 10.0. The van der Waals surface area contributed by atoms with E-state index in [-0.39, 0.29) is 0 Å². The summed E-state index contributed by atoms with van der Waals surface area (Å²) in [6.07, 6.45) is 3.83. The number of methoxy groups -OCH3 is 1. The van der Waals surface area contributed by atoms with Crippen molar-refractivity contribution in [2.45, 2.75) is 19.3 Å². The number of hydrogen-bond donors (Lipinski definition) is 0. The van der Waals surface area contributed by atoms with Crippen LogP contribution in [0, 0.1) is 5.41 Å². The summed E-state index contributed by atoms with van der Waals surface area (Å²) in [5.74, 6) is 1.03. The second-order valence-electron chi connectivity index (χ2n) is 4.12. The highest BCUT2D eigenvalue weighted by atomic mass is 79.9. The lowest BCUT2D eigenvalue weighted by molar-refractivity contribution is 0.405. The van der Waals surface area contributed by atoms with E-state index in [1.165, 1.54) is 18.4 Å². The van der Waals surface area contributed by atoms with Crippen molar-refractivity contribution in [1.82, 2.24) is 0 Å². The van der Waals surface area contributed by atoms with Gasteiger partial charge in [0.25, 0.3) is 0 Å². The van der Waals surface area contributed by atoms with E-state index in [0.717, 1.165) is 17.5 Å². The summed E-state index contributed by atoms with van der Waals surface area (Å²) in [4.78, 5) is 0. The van der Waals surface area contributed by atoms with Crippen molar-refractivity contribution >= 4 is 15.9 Å². The van der Waals surface area contributed by atoms with Gasteiger partial charge in [-0.25, -0.2) is 0 Å². The molecule has 1 fully saturated rings. The van der Waals surface area contributed by atoms with Gasteiger partial charge in [-0.05, 0) is 36.3 Å². The average Bonchev–Trinajstić information content (AvgIpc) is 2.99. The highest BCUT2D eigenvalue weighted by Crippen LogP contribution is 2.50. The van der Waals surface area contributed by atoms with Crippen molar-refractivity contribution in [2.24, 2.45) is 5.41 Å². The molecular formula is C12H15BrO. The number of ether oxygens (including phenoxy) is 1. The molecule has 0 N–H and O–H groups in total. The first-order chi connectivity index (χ1) is 6.79. The van der Waals surface area contributed by atoms with Gasteiger partial charge in [-0.2, -0.15) is 0 Å². The lowest BCUT2D eigenvalue weighted by Crippen LogP contribution is -2.07. The number of alkyl halides is 1. The van der Waals surface area contributed by atoms with Gasteiger partial charge in [-0.3, -0.25) is 0 Å². The summed E-state index contributed by atoms with van der Waals surface area (Å²) in [5, 5.41) is 1.11. The molecule has 1 aromatic carbocycles. The summed E-state index contributed by atoms with van der Waals surface area (Å²) < 4.78 is 5.35. The molecule has 0 bridgehead atoms. The molecule has 0 radical (unpaired) electrons. The van der Waals surface area contributed by atoms with Crippen LogP contribution in [0.1, 0.15) is 18.4 Å². The lowest BCUT2D eigenvalue weighted by Gasteiger charge is -2.13. The molecule has 0 amide bonds. The van der Waals surface area contributed by atoms with Crippen LogP contribution in [0.5, 0.6) is 5.75 Å². The molecule has 0 heterocycles. The van der Waals surface area contributed by atoms with E-state index in [4.69, 9.17) is 4.74 Å². The van der Waals surface area contributed by atoms with Crippen molar-refractivity contribution in [2.75, 3.05) is 12.4 Å². The molecule has 2 heteroatoms. The highest BCUT2D eigenvalue weighted by Gasteiger charge is 2.41. The van der Waals surface area contributed by atoms with Crippen LogP contribution in [0.15, 0.2) is 24.3 Å². The topological polar surface area (TPSA) is 9.23 Å². The van der Waals surface area contributed by atoms with E-state index in [9.17, 15) is 0 Å². The van der Waals surface area contributed by atoms with Crippen LogP contribution in [0.2, 0.25) is 0 Å². The number of hydrogen-bond acceptors (Lipinski definition) is 1. The minimum atomic E-state index is 0.522. The molecule has 1 nitrogen and oxygen atoms in total. The molecule has 0 unspecified atom stereocenters. The highest BCUT2D eigenvalue weighted by molar-refractivity contribution is 9.09. The van der Waals surface area contributed by atoms with Gasteiger partial charge in [-0.15, -0.1) is 0 Å². The summed E-state index contributed by atoms with van der Waals surface area (Å²) in [7, 11) is 1.74. The Morgan fingerprint density at radius 2 is 2.07 bits per heavy atom. The normalized spacial score (nSPS) is 17.9. The molecule has 76 valence electrons. The van der Waals surface area contributed by atoms with Crippen LogP contribution >= 0.6 is 15.9 Å². The first-order valence-electron chi connectivity index (χ1n) is 4.97. The fourth-order valence-corrected chi connectivity index (χ4v) is 2.55. The van der Waals surface area contributed by atoms with Crippen molar-refractivity contribution in [1.29, 1.82) is 0 Å². The molecule has 0 atom stereocenters. The van der Waals surface area contributed by atoms with E-state index in [0.29, 0.717) is 5.41 Å². The number of rotatable bonds is 4. The lowest BCUT2D eigenvalue weighted by atomic mass is 9.98. The quantitative estimate of drug-likeness (QED) is 0.749. The van der Waals surface area contributed by atoms with Crippen LogP contribution in [-0.4, -0.2) is 12.4 Å². The molecule has 0 aliphatic heterocycles. The Morgan fingerprint density at radius 1 is 1.36 bits per heavy atom. The molecule has 1 aliphatic carbocycles. The number of para-hydroxylation sites is 1. The molecular weight excluding hydrogens is 240 g/mol. The van der Waals surface area contributed by atoms with E-state index < -0.39 is 0 Å². The van der Waals surface area contributed by atoms with Gasteiger partial charge < -0.3 is 4.74 Å². The van der Waals surface area contributed by atoms with Gasteiger partial charge in [0.1, 0.15) is 5.75 Å². The molecule has 1 aromatic rings. The SMILES string of the molecule is COc1ccccc1CC1(CBr)CC1. The van der Waals surface area contributed by atoms with Crippen LogP contribution in [0.25, 0.3) is 0 Å². The van der Waals surface area contributed by atoms with E-state index >= 15 is 0 Å². The van der Waals surface area contributed by atoms with E-state index in [2.05, 4.69) is 28.1 Å². The molecule has 2 rings (SSSR count). The van der Waals surface area contributed by atoms with Gasteiger partial charge in [0, 0.05) is 5.33 Å². The average molecular weight is 255 g/mol. The fraction of sp³-hybridized carbons (Fsp3) is 0.500. The van der Waals surface area contributed by atoms with Crippen molar-refractivity contribution in [3.8, 4) is 5.75 Å². The molecule has 14 heavy (non-hydrogen) atoms. The Kier molecular flexibility index (Phi) is 2.82. The zero-order valence-corrected chi connectivity index (χ0v) is 10.0. The predicted octanol–water partition coefficient (Wildman–Crippen LogP) is 3.41. The summed E-state index contributed by atoms with van der Waals surface area (Å²) in [6.45, 7) is 0. The first kappa shape index (κ1) is 10.0. The van der Waals surface area contributed by atoms with Crippen LogP contribution < -0.4 is 4.74 Å². The van der Waals surface area contributed by atoms with Gasteiger partial charge in [0.15, 0.2) is 0 Å². The molecule has 0 saturated heterocycles. The fourth-order valence-electron chi connectivity index (χ4n) is 1.79. The number of benzene rings is 1. The Hall–Kier alpha value is -0.500. The largest absolute Gasteiger partial charge is 0.496 e. The minimum Gasteiger partial charge on any atom is -0.496 e. The van der Waals surface area contributed by atoms with Gasteiger partial charge in [0.2, 0.25) is 0 Å². The Morgan fingerprint density at radius 3 is 2.64 bits per heavy atom. The Balaban J connectivity index is 2.16. The summed E-state index contributed by atoms with van der Waals surface area (Å²) in [6, 6.07) is 8.32. The van der Waals surface area contributed by atoms with E-state index in [1.807, 2.05) is 12.1 Å². The van der Waals surface area contributed by atoms with Crippen LogP contribution in [-0.2, 0) is 6.42 Å². The third-order valence-corrected chi connectivity index (χ3v) is 4.19. The number of halogens is 1. The minimum absolute atomic E-state index is 0.522. The van der Waals surface area contributed by atoms with Gasteiger partial charge in [-0.1, -0.05) is 34.1 Å².